The Labute approximate surface area is 178 Å². The lowest BCUT2D eigenvalue weighted by atomic mass is 10.0. The Morgan fingerprint density at radius 2 is 1.80 bits per heavy atom. The van der Waals surface area contributed by atoms with Crippen molar-refractivity contribution < 1.29 is 19.1 Å². The molecule has 0 aliphatic rings. The van der Waals surface area contributed by atoms with Crippen LogP contribution in [0.15, 0.2) is 60.0 Å². The van der Waals surface area contributed by atoms with E-state index in [1.807, 2.05) is 35.7 Å². The number of rotatable bonds is 7. The molecule has 0 bridgehead atoms. The van der Waals surface area contributed by atoms with Crippen molar-refractivity contribution in [1.82, 2.24) is 4.98 Å². The molecule has 3 rings (SSSR count). The molecule has 1 unspecified atom stereocenters. The van der Waals surface area contributed by atoms with Gasteiger partial charge in [-0.2, -0.15) is 5.26 Å². The van der Waals surface area contributed by atoms with Crippen LogP contribution in [0.1, 0.15) is 26.8 Å². The number of ketones is 1. The summed E-state index contributed by atoms with van der Waals surface area (Å²) >= 11 is 1.27. The molecule has 3 aromatic rings. The lowest BCUT2D eigenvalue weighted by Crippen LogP contribution is -2.07. The second kappa shape index (κ2) is 9.63. The fourth-order valence-corrected chi connectivity index (χ4v) is 3.56. The Morgan fingerprint density at radius 3 is 2.40 bits per heavy atom. The fraction of sp³-hybridized carbons (Fsp3) is 0.130. The van der Waals surface area contributed by atoms with Crippen LogP contribution >= 0.6 is 11.3 Å². The second-order valence-corrected chi connectivity index (χ2v) is 7.10. The van der Waals surface area contributed by atoms with E-state index in [-0.39, 0.29) is 5.78 Å². The summed E-state index contributed by atoms with van der Waals surface area (Å²) < 4.78 is 9.80. The maximum atomic E-state index is 12.6. The summed E-state index contributed by atoms with van der Waals surface area (Å²) in [7, 11) is 2.91. The zero-order valence-electron chi connectivity index (χ0n) is 16.4. The molecule has 0 aliphatic heterocycles. The van der Waals surface area contributed by atoms with Crippen LogP contribution in [-0.4, -0.2) is 31.0 Å². The number of carbonyl (C=O) groups is 2. The molecule has 150 valence electrons. The van der Waals surface area contributed by atoms with E-state index >= 15 is 0 Å². The molecule has 0 radical (unpaired) electrons. The predicted molar refractivity (Wildman–Crippen MR) is 114 cm³/mol. The van der Waals surface area contributed by atoms with Gasteiger partial charge in [0.15, 0.2) is 11.7 Å². The first-order valence-electron chi connectivity index (χ1n) is 8.95. The summed E-state index contributed by atoms with van der Waals surface area (Å²) in [4.78, 5) is 28.5. The van der Waals surface area contributed by atoms with E-state index in [0.717, 1.165) is 16.9 Å². The molecular weight excluding hydrogens is 400 g/mol. The third-order valence-electron chi connectivity index (χ3n) is 4.34. The first-order valence-corrected chi connectivity index (χ1v) is 9.83. The van der Waals surface area contributed by atoms with Gasteiger partial charge in [0.05, 0.1) is 31.5 Å². The van der Waals surface area contributed by atoms with Gasteiger partial charge >= 0.3 is 5.97 Å². The molecule has 1 aromatic heterocycles. The van der Waals surface area contributed by atoms with Crippen molar-refractivity contribution in [3.8, 4) is 23.1 Å². The average Bonchev–Trinajstić information content (AvgIpc) is 3.28. The van der Waals surface area contributed by atoms with Crippen LogP contribution in [0.25, 0.3) is 17.3 Å². The van der Waals surface area contributed by atoms with E-state index in [2.05, 4.69) is 9.72 Å². The molecule has 1 atom stereocenters. The van der Waals surface area contributed by atoms with Gasteiger partial charge in [-0.15, -0.1) is 11.3 Å². The quantitative estimate of drug-likeness (QED) is 0.415. The van der Waals surface area contributed by atoms with Gasteiger partial charge in [-0.3, -0.25) is 4.79 Å². The van der Waals surface area contributed by atoms with E-state index in [9.17, 15) is 14.9 Å². The number of allylic oxidation sites excluding steroid dienone is 1. The molecule has 0 fully saturated rings. The van der Waals surface area contributed by atoms with Crippen molar-refractivity contribution in [2.24, 2.45) is 0 Å². The van der Waals surface area contributed by atoms with Crippen LogP contribution in [-0.2, 0) is 9.53 Å². The lowest BCUT2D eigenvalue weighted by Gasteiger charge is -2.02. The van der Waals surface area contributed by atoms with Crippen LogP contribution in [0.3, 0.4) is 0 Å². The van der Waals surface area contributed by atoms with Crippen LogP contribution < -0.4 is 4.74 Å². The Balaban J connectivity index is 1.73. The average molecular weight is 418 g/mol. The van der Waals surface area contributed by atoms with Crippen LogP contribution in [0, 0.1) is 11.3 Å². The number of methoxy groups -OCH3 is 2. The van der Waals surface area contributed by atoms with Crippen molar-refractivity contribution in [3.05, 3.63) is 76.1 Å². The first kappa shape index (κ1) is 21.0. The number of hydrogen-bond acceptors (Lipinski definition) is 7. The van der Waals surface area contributed by atoms with Gasteiger partial charge in [-0.25, -0.2) is 9.78 Å². The molecule has 1 heterocycles. The Hall–Kier alpha value is -3.76. The van der Waals surface area contributed by atoms with Gasteiger partial charge in [-0.05, 0) is 48.0 Å². The molecule has 0 aliphatic carbocycles. The number of esters is 1. The summed E-state index contributed by atoms with van der Waals surface area (Å²) in [5.74, 6) is -1.02. The van der Waals surface area contributed by atoms with Gasteiger partial charge < -0.3 is 9.47 Å². The highest BCUT2D eigenvalue weighted by molar-refractivity contribution is 7.10. The van der Waals surface area contributed by atoms with Crippen molar-refractivity contribution in [3.63, 3.8) is 0 Å². The highest BCUT2D eigenvalue weighted by Gasteiger charge is 2.22. The Kier molecular flexibility index (Phi) is 6.73. The van der Waals surface area contributed by atoms with Crippen molar-refractivity contribution >= 4 is 29.2 Å². The smallest absolute Gasteiger partial charge is 0.337 e. The number of thiazole rings is 1. The SMILES string of the molecule is COC(=O)c1ccc(C=CC(=O)C(C#N)c2nc(-c3ccc(OC)cc3)cs2)cc1. The summed E-state index contributed by atoms with van der Waals surface area (Å²) in [5, 5.41) is 11.8. The normalized spacial score (nSPS) is 11.6. The standard InChI is InChI=1S/C23H18N2O4S/c1-28-18-10-8-16(9-11-18)20-14-30-22(25-20)19(13-24)21(26)12-5-15-3-6-17(7-4-15)23(27)29-2/h3-12,14,19H,1-2H3. The molecule has 0 saturated heterocycles. The molecule has 2 aromatic carbocycles. The van der Waals surface area contributed by atoms with Gasteiger partial charge in [0.25, 0.3) is 0 Å². The number of hydrogen-bond donors (Lipinski definition) is 0. The number of nitrogens with zero attached hydrogens (tertiary/aromatic N) is 2. The predicted octanol–water partition coefficient (Wildman–Crippen LogP) is 4.49. The van der Waals surface area contributed by atoms with Crippen LogP contribution in [0.5, 0.6) is 5.75 Å². The largest absolute Gasteiger partial charge is 0.497 e. The summed E-state index contributed by atoms with van der Waals surface area (Å²) in [6, 6.07) is 16.1. The van der Waals surface area contributed by atoms with Gasteiger partial charge in [0.2, 0.25) is 0 Å². The van der Waals surface area contributed by atoms with Gasteiger partial charge in [0, 0.05) is 10.9 Å². The Morgan fingerprint density at radius 1 is 1.10 bits per heavy atom. The van der Waals surface area contributed by atoms with Crippen LogP contribution in [0.4, 0.5) is 0 Å². The monoisotopic (exact) mass is 418 g/mol. The minimum atomic E-state index is -0.979. The maximum Gasteiger partial charge on any atom is 0.337 e. The van der Waals surface area contributed by atoms with E-state index < -0.39 is 11.9 Å². The molecule has 0 spiro atoms. The van der Waals surface area contributed by atoms with Crippen molar-refractivity contribution in [2.45, 2.75) is 5.92 Å². The number of carbonyl (C=O) groups excluding carboxylic acids is 2. The van der Waals surface area contributed by atoms with Gasteiger partial charge in [0.1, 0.15) is 10.8 Å². The molecular formula is C23H18N2O4S. The van der Waals surface area contributed by atoms with E-state index in [0.29, 0.717) is 16.3 Å². The molecule has 30 heavy (non-hydrogen) atoms. The van der Waals surface area contributed by atoms with Gasteiger partial charge in [-0.1, -0.05) is 18.2 Å². The molecule has 7 heteroatoms. The Bertz CT molecular complexity index is 1110. The minimum absolute atomic E-state index is 0.356. The number of ether oxygens (including phenoxy) is 2. The topological polar surface area (TPSA) is 89.3 Å². The molecule has 6 nitrogen and oxygen atoms in total. The minimum Gasteiger partial charge on any atom is -0.497 e. The first-order chi connectivity index (χ1) is 14.5. The number of aromatic nitrogens is 1. The highest BCUT2D eigenvalue weighted by Crippen LogP contribution is 2.28. The third kappa shape index (κ3) is 4.80. The highest BCUT2D eigenvalue weighted by atomic mass is 32.1. The van der Waals surface area contributed by atoms with E-state index in [1.165, 1.54) is 24.5 Å². The maximum absolute atomic E-state index is 12.6. The summed E-state index contributed by atoms with van der Waals surface area (Å²) in [6.45, 7) is 0. The molecule has 0 saturated carbocycles. The number of nitriles is 1. The zero-order chi connectivity index (χ0) is 21.5. The van der Waals surface area contributed by atoms with Crippen LogP contribution in [0.2, 0.25) is 0 Å². The number of benzene rings is 2. The lowest BCUT2D eigenvalue weighted by molar-refractivity contribution is -0.114. The molecule has 0 N–H and O–H groups in total. The summed E-state index contributed by atoms with van der Waals surface area (Å²) in [6.07, 6.45) is 2.96. The van der Waals surface area contributed by atoms with E-state index in [1.54, 1.807) is 37.5 Å². The van der Waals surface area contributed by atoms with E-state index in [4.69, 9.17) is 4.74 Å². The fourth-order valence-electron chi connectivity index (χ4n) is 2.68. The summed E-state index contributed by atoms with van der Waals surface area (Å²) in [5.41, 5.74) is 2.73. The zero-order valence-corrected chi connectivity index (χ0v) is 17.2. The third-order valence-corrected chi connectivity index (χ3v) is 5.25. The van der Waals surface area contributed by atoms with Crippen molar-refractivity contribution in [1.29, 1.82) is 5.26 Å². The molecule has 0 amide bonds. The second-order valence-electron chi connectivity index (χ2n) is 6.21. The van der Waals surface area contributed by atoms with Crippen molar-refractivity contribution in [2.75, 3.05) is 14.2 Å².